The number of benzene rings is 2. The van der Waals surface area contributed by atoms with Gasteiger partial charge in [0.05, 0.1) is 16.1 Å². The van der Waals surface area contributed by atoms with Crippen molar-refractivity contribution in [3.8, 4) is 11.4 Å². The summed E-state index contributed by atoms with van der Waals surface area (Å²) in [6.45, 7) is 1.79. The van der Waals surface area contributed by atoms with Gasteiger partial charge in [-0.15, -0.1) is 0 Å². The fourth-order valence-electron chi connectivity index (χ4n) is 2.84. The number of rotatable bonds is 4. The summed E-state index contributed by atoms with van der Waals surface area (Å²) in [4.78, 5) is 8.25. The number of sulfonamides is 1. The van der Waals surface area contributed by atoms with Gasteiger partial charge in [0, 0.05) is 11.3 Å². The Hall–Kier alpha value is -3.24. The number of anilines is 2. The molecule has 8 nitrogen and oxygen atoms in total. The molecule has 0 radical (unpaired) electrons. The maximum atomic E-state index is 14.1. The second kappa shape index (κ2) is 6.98. The molecule has 0 fully saturated rings. The van der Waals surface area contributed by atoms with Gasteiger partial charge < -0.3 is 5.73 Å². The third-order valence-corrected chi connectivity index (χ3v) is 5.91. The van der Waals surface area contributed by atoms with Gasteiger partial charge in [-0.05, 0) is 43.3 Å². The van der Waals surface area contributed by atoms with Gasteiger partial charge in [0.2, 0.25) is 0 Å². The molecule has 0 aliphatic heterocycles. The Balaban J connectivity index is 1.64. The van der Waals surface area contributed by atoms with Gasteiger partial charge >= 0.3 is 0 Å². The lowest BCUT2D eigenvalue weighted by Crippen LogP contribution is -2.14. The summed E-state index contributed by atoms with van der Waals surface area (Å²) in [7, 11) is -4.15. The molecular formula is C18H14ClFN6O2S. The van der Waals surface area contributed by atoms with Crippen molar-refractivity contribution < 1.29 is 12.8 Å². The largest absolute Gasteiger partial charge is 0.383 e. The highest BCUT2D eigenvalue weighted by atomic mass is 35.5. The Bertz CT molecular complexity index is 1340. The zero-order valence-corrected chi connectivity index (χ0v) is 16.5. The number of aromatic nitrogens is 4. The molecule has 2 heterocycles. The Morgan fingerprint density at radius 2 is 1.86 bits per heavy atom. The van der Waals surface area contributed by atoms with Crippen molar-refractivity contribution in [2.24, 2.45) is 0 Å². The lowest BCUT2D eigenvalue weighted by Gasteiger charge is -2.10. The SMILES string of the molecule is Cc1nc(-c2ccc(NS(=O)(=O)c3cccc(Cl)c3F)cc2)nc2n[nH]c(N)c12. The lowest BCUT2D eigenvalue weighted by molar-refractivity contribution is 0.570. The summed E-state index contributed by atoms with van der Waals surface area (Å²) in [6, 6.07) is 10.1. The van der Waals surface area contributed by atoms with Gasteiger partial charge in [-0.1, -0.05) is 17.7 Å². The number of aromatic amines is 1. The predicted molar refractivity (Wildman–Crippen MR) is 108 cm³/mol. The van der Waals surface area contributed by atoms with E-state index in [1.165, 1.54) is 24.3 Å². The first-order chi connectivity index (χ1) is 13.8. The molecule has 0 aliphatic carbocycles. The van der Waals surface area contributed by atoms with Crippen molar-refractivity contribution in [1.29, 1.82) is 0 Å². The highest BCUT2D eigenvalue weighted by molar-refractivity contribution is 7.92. The van der Waals surface area contributed by atoms with Crippen LogP contribution in [-0.2, 0) is 10.0 Å². The van der Waals surface area contributed by atoms with Crippen LogP contribution in [0.1, 0.15) is 5.69 Å². The molecule has 2 aromatic heterocycles. The maximum Gasteiger partial charge on any atom is 0.264 e. The second-order valence-corrected chi connectivity index (χ2v) is 8.26. The fraction of sp³-hybridized carbons (Fsp3) is 0.0556. The van der Waals surface area contributed by atoms with E-state index in [1.54, 1.807) is 19.1 Å². The number of nitrogen functional groups attached to an aromatic ring is 1. The van der Waals surface area contributed by atoms with Crippen LogP contribution in [0.2, 0.25) is 5.02 Å². The summed E-state index contributed by atoms with van der Waals surface area (Å²) in [5.41, 5.74) is 7.81. The van der Waals surface area contributed by atoms with Gasteiger partial charge in [-0.3, -0.25) is 9.82 Å². The number of hydrogen-bond donors (Lipinski definition) is 3. The predicted octanol–water partition coefficient (Wildman–Crippen LogP) is 3.50. The molecule has 148 valence electrons. The standard InChI is InChI=1S/C18H14ClFN6O2S/c1-9-14-16(21)24-25-18(14)23-17(22-9)10-5-7-11(8-6-10)26-29(27,28)13-4-2-3-12(19)15(13)20/h2-8,26H,1H3,(H3,21,22,23,24,25). The van der Waals surface area contributed by atoms with E-state index in [9.17, 15) is 12.8 Å². The number of fused-ring (bicyclic) bond motifs is 1. The molecule has 4 N–H and O–H groups in total. The van der Waals surface area contributed by atoms with Crippen LogP contribution in [0.5, 0.6) is 0 Å². The molecule has 2 aromatic carbocycles. The molecule has 0 unspecified atom stereocenters. The minimum absolute atomic E-state index is 0.245. The third-order valence-electron chi connectivity index (χ3n) is 4.22. The van der Waals surface area contributed by atoms with Crippen molar-refractivity contribution in [3.05, 3.63) is 59.0 Å². The second-order valence-electron chi connectivity index (χ2n) is 6.20. The molecule has 0 saturated carbocycles. The average Bonchev–Trinajstić information content (AvgIpc) is 3.05. The van der Waals surface area contributed by atoms with E-state index in [4.69, 9.17) is 17.3 Å². The van der Waals surface area contributed by atoms with E-state index in [-0.39, 0.29) is 10.7 Å². The van der Waals surface area contributed by atoms with Crippen LogP contribution in [-0.4, -0.2) is 28.6 Å². The summed E-state index contributed by atoms with van der Waals surface area (Å²) >= 11 is 5.67. The highest BCUT2D eigenvalue weighted by Crippen LogP contribution is 2.27. The average molecular weight is 433 g/mol. The first-order valence-corrected chi connectivity index (χ1v) is 10.2. The van der Waals surface area contributed by atoms with E-state index in [0.717, 1.165) is 6.07 Å². The number of aryl methyl sites for hydroxylation is 1. The van der Waals surface area contributed by atoms with Gasteiger partial charge in [0.25, 0.3) is 10.0 Å². The molecule has 0 amide bonds. The maximum absolute atomic E-state index is 14.1. The number of nitrogens with one attached hydrogen (secondary N) is 2. The zero-order chi connectivity index (χ0) is 20.8. The van der Waals surface area contributed by atoms with E-state index in [0.29, 0.717) is 33.9 Å². The Morgan fingerprint density at radius 1 is 1.14 bits per heavy atom. The van der Waals surface area contributed by atoms with Crippen LogP contribution in [0.25, 0.3) is 22.4 Å². The first-order valence-electron chi connectivity index (χ1n) is 8.32. The topological polar surface area (TPSA) is 127 Å². The molecule has 4 aromatic rings. The molecule has 0 bridgehead atoms. The summed E-state index contributed by atoms with van der Waals surface area (Å²) in [5.74, 6) is -0.201. The van der Waals surface area contributed by atoms with Crippen LogP contribution in [0.4, 0.5) is 15.9 Å². The number of nitrogens with zero attached hydrogens (tertiary/aromatic N) is 3. The van der Waals surface area contributed by atoms with Crippen molar-refractivity contribution >= 4 is 44.2 Å². The van der Waals surface area contributed by atoms with Crippen LogP contribution in [0.3, 0.4) is 0 Å². The molecule has 0 spiro atoms. The van der Waals surface area contributed by atoms with Crippen LogP contribution in [0.15, 0.2) is 47.4 Å². The lowest BCUT2D eigenvalue weighted by atomic mass is 10.2. The molecular weight excluding hydrogens is 419 g/mol. The van der Waals surface area contributed by atoms with Crippen molar-refractivity contribution in [2.45, 2.75) is 11.8 Å². The number of nitrogens with two attached hydrogens (primary N) is 1. The minimum atomic E-state index is -4.15. The van der Waals surface area contributed by atoms with E-state index in [2.05, 4.69) is 24.9 Å². The Kier molecular flexibility index (Phi) is 4.59. The summed E-state index contributed by atoms with van der Waals surface area (Å²) < 4.78 is 41.3. The smallest absolute Gasteiger partial charge is 0.264 e. The molecule has 0 saturated heterocycles. The number of hydrogen-bond acceptors (Lipinski definition) is 6. The number of H-pyrrole nitrogens is 1. The van der Waals surface area contributed by atoms with Gasteiger partial charge in [-0.2, -0.15) is 5.10 Å². The fourth-order valence-corrected chi connectivity index (χ4v) is 4.23. The summed E-state index contributed by atoms with van der Waals surface area (Å²) in [5, 5.41) is 7.09. The normalized spacial score (nSPS) is 11.7. The van der Waals surface area contributed by atoms with Gasteiger partial charge in [-0.25, -0.2) is 22.8 Å². The van der Waals surface area contributed by atoms with Crippen molar-refractivity contribution in [1.82, 2.24) is 20.2 Å². The molecule has 29 heavy (non-hydrogen) atoms. The zero-order valence-electron chi connectivity index (χ0n) is 14.9. The monoisotopic (exact) mass is 432 g/mol. The number of halogens is 2. The first kappa shape index (κ1) is 19.1. The molecule has 0 aliphatic rings. The minimum Gasteiger partial charge on any atom is -0.383 e. The Labute approximate surface area is 170 Å². The van der Waals surface area contributed by atoms with Gasteiger partial charge in [0.1, 0.15) is 10.7 Å². The van der Waals surface area contributed by atoms with Crippen LogP contribution < -0.4 is 10.5 Å². The van der Waals surface area contributed by atoms with Gasteiger partial charge in [0.15, 0.2) is 17.3 Å². The highest BCUT2D eigenvalue weighted by Gasteiger charge is 2.21. The Morgan fingerprint density at radius 3 is 2.59 bits per heavy atom. The molecule has 11 heteroatoms. The molecule has 0 atom stereocenters. The van der Waals surface area contributed by atoms with Crippen molar-refractivity contribution in [2.75, 3.05) is 10.5 Å². The van der Waals surface area contributed by atoms with E-state index in [1.807, 2.05) is 0 Å². The molecule has 4 rings (SSSR count). The quantitative estimate of drug-likeness (QED) is 0.453. The third kappa shape index (κ3) is 3.47. The van der Waals surface area contributed by atoms with Crippen LogP contribution >= 0.6 is 11.6 Å². The van der Waals surface area contributed by atoms with E-state index < -0.39 is 20.7 Å². The van der Waals surface area contributed by atoms with E-state index >= 15 is 0 Å². The van der Waals surface area contributed by atoms with Crippen molar-refractivity contribution in [3.63, 3.8) is 0 Å². The van der Waals surface area contributed by atoms with Crippen LogP contribution in [0, 0.1) is 12.7 Å². The summed E-state index contributed by atoms with van der Waals surface area (Å²) in [6.07, 6.45) is 0.